The van der Waals surface area contributed by atoms with Crippen LogP contribution in [0.25, 0.3) is 0 Å². The van der Waals surface area contributed by atoms with E-state index in [2.05, 4.69) is 16.5 Å². The van der Waals surface area contributed by atoms with Crippen LogP contribution in [0, 0.1) is 5.92 Å². The first-order valence-electron chi connectivity index (χ1n) is 8.85. The zero-order valence-electron chi connectivity index (χ0n) is 14.2. The Morgan fingerprint density at radius 3 is 2.38 bits per heavy atom. The van der Waals surface area contributed by atoms with E-state index in [1.807, 2.05) is 0 Å². The first-order chi connectivity index (χ1) is 11.5. The summed E-state index contributed by atoms with van der Waals surface area (Å²) in [6.45, 7) is 4.55. The summed E-state index contributed by atoms with van der Waals surface area (Å²) < 4.78 is 27.6. The van der Waals surface area contributed by atoms with Crippen molar-refractivity contribution in [3.8, 4) is 0 Å². The number of benzene rings is 1. The van der Waals surface area contributed by atoms with E-state index < -0.39 is 10.0 Å². The quantitative estimate of drug-likeness (QED) is 0.767. The molecule has 5 nitrogen and oxygen atoms in total. The van der Waals surface area contributed by atoms with Gasteiger partial charge >= 0.3 is 0 Å². The van der Waals surface area contributed by atoms with E-state index >= 15 is 0 Å². The summed E-state index contributed by atoms with van der Waals surface area (Å²) in [4.78, 5) is 14.5. The molecule has 1 atom stereocenters. The van der Waals surface area contributed by atoms with Crippen molar-refractivity contribution in [1.82, 2.24) is 9.62 Å². The normalized spacial score (nSPS) is 20.7. The summed E-state index contributed by atoms with van der Waals surface area (Å²) in [7, 11) is -3.53. The predicted molar refractivity (Wildman–Crippen MR) is 93.6 cm³/mol. The largest absolute Gasteiger partial charge is 0.299 e. The first kappa shape index (κ1) is 17.6. The average Bonchev–Trinajstić information content (AvgIpc) is 3.45. The Bertz CT molecular complexity index is 675. The SMILES string of the molecule is CC(CNS(=O)(=O)c1ccc(C(=O)C2CC2)cc1)N1CCCCC1. The van der Waals surface area contributed by atoms with E-state index in [4.69, 9.17) is 0 Å². The summed E-state index contributed by atoms with van der Waals surface area (Å²) in [5.74, 6) is 0.279. The molecule has 1 saturated heterocycles. The second-order valence-corrected chi connectivity index (χ2v) is 8.73. The Morgan fingerprint density at radius 2 is 1.79 bits per heavy atom. The summed E-state index contributed by atoms with van der Waals surface area (Å²) in [6, 6.07) is 6.51. The van der Waals surface area contributed by atoms with Crippen molar-refractivity contribution in [3.63, 3.8) is 0 Å². The van der Waals surface area contributed by atoms with E-state index in [-0.39, 0.29) is 22.6 Å². The van der Waals surface area contributed by atoms with Crippen molar-refractivity contribution in [2.24, 2.45) is 5.92 Å². The standard InChI is InChI=1S/C18H26N2O3S/c1-14(20-11-3-2-4-12-20)13-19-24(22,23)17-9-7-16(8-10-17)18(21)15-5-6-15/h7-10,14-15,19H,2-6,11-13H2,1H3. The van der Waals surface area contributed by atoms with Crippen LogP contribution in [-0.4, -0.2) is 44.8 Å². The molecule has 2 fully saturated rings. The van der Waals surface area contributed by atoms with Crippen molar-refractivity contribution in [1.29, 1.82) is 0 Å². The molecule has 1 N–H and O–H groups in total. The number of ketones is 1. The van der Waals surface area contributed by atoms with Gasteiger partial charge in [0, 0.05) is 24.1 Å². The highest BCUT2D eigenvalue weighted by Crippen LogP contribution is 2.32. The molecule has 1 aliphatic carbocycles. The Morgan fingerprint density at radius 1 is 1.17 bits per heavy atom. The topological polar surface area (TPSA) is 66.5 Å². The molecular weight excluding hydrogens is 324 g/mol. The fourth-order valence-corrected chi connectivity index (χ4v) is 4.30. The Labute approximate surface area is 144 Å². The predicted octanol–water partition coefficient (Wildman–Crippen LogP) is 2.43. The van der Waals surface area contributed by atoms with Gasteiger partial charge in [-0.05, 0) is 57.8 Å². The molecule has 0 radical (unpaired) electrons. The second-order valence-electron chi connectivity index (χ2n) is 6.96. The number of hydrogen-bond acceptors (Lipinski definition) is 4. The van der Waals surface area contributed by atoms with E-state index in [1.54, 1.807) is 12.1 Å². The number of sulfonamides is 1. The number of nitrogens with one attached hydrogen (secondary N) is 1. The third-order valence-electron chi connectivity index (χ3n) is 4.98. The van der Waals surface area contributed by atoms with Gasteiger partial charge in [-0.25, -0.2) is 13.1 Å². The van der Waals surface area contributed by atoms with E-state index in [0.29, 0.717) is 12.1 Å². The van der Waals surface area contributed by atoms with Crippen LogP contribution in [0.15, 0.2) is 29.2 Å². The Balaban J connectivity index is 1.59. The van der Waals surface area contributed by atoms with E-state index in [0.717, 1.165) is 25.9 Å². The van der Waals surface area contributed by atoms with Crippen LogP contribution >= 0.6 is 0 Å². The van der Waals surface area contributed by atoms with Crippen molar-refractivity contribution in [2.45, 2.75) is 50.0 Å². The number of carbonyl (C=O) groups is 1. The van der Waals surface area contributed by atoms with Crippen molar-refractivity contribution in [3.05, 3.63) is 29.8 Å². The first-order valence-corrected chi connectivity index (χ1v) is 10.3. The lowest BCUT2D eigenvalue weighted by Crippen LogP contribution is -2.44. The Kier molecular flexibility index (Phi) is 5.37. The number of carbonyl (C=O) groups excluding carboxylic acids is 1. The van der Waals surface area contributed by atoms with Crippen molar-refractivity contribution < 1.29 is 13.2 Å². The minimum absolute atomic E-state index is 0.130. The number of hydrogen-bond donors (Lipinski definition) is 1. The number of likely N-dealkylation sites (tertiary alicyclic amines) is 1. The fourth-order valence-electron chi connectivity index (χ4n) is 3.18. The zero-order valence-corrected chi connectivity index (χ0v) is 15.0. The van der Waals surface area contributed by atoms with Gasteiger partial charge in [0.15, 0.2) is 5.78 Å². The van der Waals surface area contributed by atoms with Gasteiger partial charge in [0.2, 0.25) is 10.0 Å². The highest BCUT2D eigenvalue weighted by molar-refractivity contribution is 7.89. The zero-order chi connectivity index (χ0) is 17.2. The van der Waals surface area contributed by atoms with Crippen molar-refractivity contribution in [2.75, 3.05) is 19.6 Å². The molecule has 0 aromatic heterocycles. The molecular formula is C18H26N2O3S. The molecule has 3 rings (SSSR count). The second kappa shape index (κ2) is 7.33. The molecule has 1 aromatic rings. The molecule has 1 unspecified atom stereocenters. The van der Waals surface area contributed by atoms with Crippen LogP contribution in [0.4, 0.5) is 0 Å². The summed E-state index contributed by atoms with van der Waals surface area (Å²) in [5, 5.41) is 0. The fraction of sp³-hybridized carbons (Fsp3) is 0.611. The molecule has 0 spiro atoms. The molecule has 132 valence electrons. The third-order valence-corrected chi connectivity index (χ3v) is 6.42. The monoisotopic (exact) mass is 350 g/mol. The van der Waals surface area contributed by atoms with Crippen LogP contribution in [0.2, 0.25) is 0 Å². The van der Waals surface area contributed by atoms with E-state index in [1.165, 1.54) is 31.4 Å². The maximum absolute atomic E-state index is 12.4. The lowest BCUT2D eigenvalue weighted by Gasteiger charge is -2.32. The highest BCUT2D eigenvalue weighted by Gasteiger charge is 2.30. The maximum Gasteiger partial charge on any atom is 0.240 e. The molecule has 0 bridgehead atoms. The average molecular weight is 350 g/mol. The highest BCUT2D eigenvalue weighted by atomic mass is 32.2. The third kappa shape index (κ3) is 4.23. The number of nitrogens with zero attached hydrogens (tertiary/aromatic N) is 1. The molecule has 2 aliphatic rings. The van der Waals surface area contributed by atoms with Crippen molar-refractivity contribution >= 4 is 15.8 Å². The molecule has 0 amide bonds. The number of piperidine rings is 1. The molecule has 1 aromatic carbocycles. The van der Waals surface area contributed by atoms with Gasteiger partial charge in [0.1, 0.15) is 0 Å². The van der Waals surface area contributed by atoms with Gasteiger partial charge in [-0.1, -0.05) is 18.6 Å². The summed E-state index contributed by atoms with van der Waals surface area (Å²) >= 11 is 0. The molecule has 24 heavy (non-hydrogen) atoms. The lowest BCUT2D eigenvalue weighted by molar-refractivity contribution is 0.0967. The number of Topliss-reactive ketones (excluding diaryl/α,β-unsaturated/α-hetero) is 1. The van der Waals surface area contributed by atoms with E-state index in [9.17, 15) is 13.2 Å². The van der Waals surface area contributed by atoms with Gasteiger partial charge < -0.3 is 0 Å². The van der Waals surface area contributed by atoms with Gasteiger partial charge in [-0.2, -0.15) is 0 Å². The summed E-state index contributed by atoms with van der Waals surface area (Å²) in [5.41, 5.74) is 0.609. The molecule has 1 heterocycles. The van der Waals surface area contributed by atoms with Gasteiger partial charge in [-0.15, -0.1) is 0 Å². The van der Waals surface area contributed by atoms with Crippen LogP contribution < -0.4 is 4.72 Å². The molecule has 1 saturated carbocycles. The summed E-state index contributed by atoms with van der Waals surface area (Å²) in [6.07, 6.45) is 5.55. The van der Waals surface area contributed by atoms with Gasteiger partial charge in [-0.3, -0.25) is 9.69 Å². The van der Waals surface area contributed by atoms with Crippen LogP contribution in [-0.2, 0) is 10.0 Å². The lowest BCUT2D eigenvalue weighted by atomic mass is 10.1. The van der Waals surface area contributed by atoms with Crippen LogP contribution in [0.5, 0.6) is 0 Å². The number of rotatable bonds is 7. The minimum Gasteiger partial charge on any atom is -0.299 e. The van der Waals surface area contributed by atoms with Gasteiger partial charge in [0.05, 0.1) is 4.90 Å². The maximum atomic E-state index is 12.4. The smallest absolute Gasteiger partial charge is 0.240 e. The Hall–Kier alpha value is -1.24. The minimum atomic E-state index is -3.53. The van der Waals surface area contributed by atoms with Crippen LogP contribution in [0.1, 0.15) is 49.4 Å². The molecule has 1 aliphatic heterocycles. The van der Waals surface area contributed by atoms with Gasteiger partial charge in [0.25, 0.3) is 0 Å². The van der Waals surface area contributed by atoms with Crippen LogP contribution in [0.3, 0.4) is 0 Å². The molecule has 6 heteroatoms.